The summed E-state index contributed by atoms with van der Waals surface area (Å²) in [6.07, 6.45) is 1.66. The third-order valence-corrected chi connectivity index (χ3v) is 4.76. The molecule has 1 aliphatic rings. The number of amides is 2. The number of aromatic nitrogens is 1. The zero-order valence-corrected chi connectivity index (χ0v) is 15.9. The molecule has 1 fully saturated rings. The topological polar surface area (TPSA) is 75.4 Å². The number of hydrogen-bond acceptors (Lipinski definition) is 4. The maximum atomic E-state index is 12.7. The molecule has 2 amide bonds. The van der Waals surface area contributed by atoms with E-state index >= 15 is 0 Å². The number of nitrogens with one attached hydrogen (secondary N) is 1. The van der Waals surface area contributed by atoms with Crippen LogP contribution in [-0.2, 0) is 9.59 Å². The van der Waals surface area contributed by atoms with Crippen LogP contribution in [0.1, 0.15) is 52.3 Å². The summed E-state index contributed by atoms with van der Waals surface area (Å²) >= 11 is 0. The third kappa shape index (κ3) is 3.89. The van der Waals surface area contributed by atoms with Crippen LogP contribution in [0.2, 0.25) is 0 Å². The highest BCUT2D eigenvalue weighted by Crippen LogP contribution is 2.25. The largest absolute Gasteiger partial charge is 0.440 e. The van der Waals surface area contributed by atoms with Crippen molar-refractivity contribution in [1.82, 2.24) is 9.88 Å². The van der Waals surface area contributed by atoms with E-state index in [2.05, 4.69) is 10.3 Å². The van der Waals surface area contributed by atoms with Crippen molar-refractivity contribution in [3.8, 4) is 0 Å². The molecule has 0 bridgehead atoms. The van der Waals surface area contributed by atoms with Crippen LogP contribution >= 0.6 is 0 Å². The predicted octanol–water partition coefficient (Wildman–Crippen LogP) is 3.78. The van der Waals surface area contributed by atoms with Gasteiger partial charge in [0.05, 0.1) is 5.92 Å². The number of carbonyl (C=O) groups is 2. The highest BCUT2D eigenvalue weighted by molar-refractivity contribution is 5.94. The molecule has 3 rings (SSSR count). The van der Waals surface area contributed by atoms with Crippen molar-refractivity contribution < 1.29 is 14.0 Å². The summed E-state index contributed by atoms with van der Waals surface area (Å²) in [5.74, 6) is 0.767. The van der Waals surface area contributed by atoms with E-state index in [1.165, 1.54) is 0 Å². The van der Waals surface area contributed by atoms with Gasteiger partial charge >= 0.3 is 0 Å². The SMILES string of the molecule is CC(C)C(=O)N1CCCC(C(=O)Nc2ccc3oc(C(C)C)nc3c2)C1. The lowest BCUT2D eigenvalue weighted by molar-refractivity contribution is -0.137. The lowest BCUT2D eigenvalue weighted by atomic mass is 9.96. The minimum absolute atomic E-state index is 0.0402. The third-order valence-electron chi connectivity index (χ3n) is 4.76. The summed E-state index contributed by atoms with van der Waals surface area (Å²) in [6, 6.07) is 5.50. The molecule has 1 aromatic heterocycles. The lowest BCUT2D eigenvalue weighted by Crippen LogP contribution is -2.45. The van der Waals surface area contributed by atoms with Gasteiger partial charge in [0.25, 0.3) is 0 Å². The number of nitrogens with zero attached hydrogens (tertiary/aromatic N) is 2. The second-order valence-electron chi connectivity index (χ2n) is 7.66. The molecule has 1 saturated heterocycles. The molecule has 26 heavy (non-hydrogen) atoms. The fourth-order valence-corrected chi connectivity index (χ4v) is 3.27. The molecule has 1 N–H and O–H groups in total. The van der Waals surface area contributed by atoms with Crippen LogP contribution in [-0.4, -0.2) is 34.8 Å². The number of hydrogen-bond donors (Lipinski definition) is 1. The molecule has 1 unspecified atom stereocenters. The molecule has 2 heterocycles. The normalized spacial score (nSPS) is 17.9. The van der Waals surface area contributed by atoms with Gasteiger partial charge in [-0.3, -0.25) is 9.59 Å². The van der Waals surface area contributed by atoms with Gasteiger partial charge in [0, 0.05) is 30.6 Å². The van der Waals surface area contributed by atoms with Gasteiger partial charge in [-0.2, -0.15) is 0 Å². The molecule has 1 atom stereocenters. The first-order valence-corrected chi connectivity index (χ1v) is 9.35. The van der Waals surface area contributed by atoms with Crippen LogP contribution < -0.4 is 5.32 Å². The van der Waals surface area contributed by atoms with Crippen LogP contribution in [0.25, 0.3) is 11.1 Å². The van der Waals surface area contributed by atoms with E-state index in [4.69, 9.17) is 4.42 Å². The molecular weight excluding hydrogens is 330 g/mol. The van der Waals surface area contributed by atoms with Crippen LogP contribution in [0, 0.1) is 11.8 Å². The molecule has 6 nitrogen and oxygen atoms in total. The zero-order valence-electron chi connectivity index (χ0n) is 15.9. The Labute approximate surface area is 153 Å². The van der Waals surface area contributed by atoms with Crippen molar-refractivity contribution in [3.63, 3.8) is 0 Å². The van der Waals surface area contributed by atoms with Crippen molar-refractivity contribution in [2.45, 2.75) is 46.5 Å². The Balaban J connectivity index is 1.69. The number of carbonyl (C=O) groups excluding carboxylic acids is 2. The van der Waals surface area contributed by atoms with Gasteiger partial charge in [-0.25, -0.2) is 4.98 Å². The first-order chi connectivity index (χ1) is 12.3. The van der Waals surface area contributed by atoms with E-state index in [1.807, 2.05) is 50.8 Å². The van der Waals surface area contributed by atoms with Crippen molar-refractivity contribution in [2.75, 3.05) is 18.4 Å². The van der Waals surface area contributed by atoms with Gasteiger partial charge in [0.2, 0.25) is 11.8 Å². The van der Waals surface area contributed by atoms with Gasteiger partial charge in [-0.15, -0.1) is 0 Å². The number of piperidine rings is 1. The molecule has 2 aromatic rings. The quantitative estimate of drug-likeness (QED) is 0.903. The fraction of sp³-hybridized carbons (Fsp3) is 0.550. The Kier molecular flexibility index (Phi) is 5.30. The minimum Gasteiger partial charge on any atom is -0.440 e. The molecule has 6 heteroatoms. The van der Waals surface area contributed by atoms with Crippen molar-refractivity contribution in [2.24, 2.45) is 11.8 Å². The minimum atomic E-state index is -0.175. The number of benzene rings is 1. The summed E-state index contributed by atoms with van der Waals surface area (Å²) in [6.45, 7) is 9.08. The predicted molar refractivity (Wildman–Crippen MR) is 101 cm³/mol. The Hall–Kier alpha value is -2.37. The van der Waals surface area contributed by atoms with Crippen LogP contribution in [0.5, 0.6) is 0 Å². The molecule has 1 aliphatic heterocycles. The second kappa shape index (κ2) is 7.48. The van der Waals surface area contributed by atoms with Crippen molar-refractivity contribution in [1.29, 1.82) is 0 Å². The first kappa shape index (κ1) is 18.4. The molecular formula is C20H27N3O3. The van der Waals surface area contributed by atoms with Gasteiger partial charge in [0.15, 0.2) is 11.5 Å². The fourth-order valence-electron chi connectivity index (χ4n) is 3.27. The number of oxazole rings is 1. The van der Waals surface area contributed by atoms with E-state index in [9.17, 15) is 9.59 Å². The van der Waals surface area contributed by atoms with Gasteiger partial charge in [0.1, 0.15) is 5.52 Å². The molecule has 1 aromatic carbocycles. The number of anilines is 1. The Morgan fingerprint density at radius 1 is 1.27 bits per heavy atom. The Bertz CT molecular complexity index is 810. The van der Waals surface area contributed by atoms with Crippen molar-refractivity contribution >= 4 is 28.6 Å². The van der Waals surface area contributed by atoms with Gasteiger partial charge < -0.3 is 14.6 Å². The average Bonchev–Trinajstić information content (AvgIpc) is 3.04. The van der Waals surface area contributed by atoms with Crippen LogP contribution in [0.4, 0.5) is 5.69 Å². The highest BCUT2D eigenvalue weighted by Gasteiger charge is 2.29. The highest BCUT2D eigenvalue weighted by atomic mass is 16.3. The summed E-state index contributed by atoms with van der Waals surface area (Å²) in [5.41, 5.74) is 2.17. The van der Waals surface area contributed by atoms with Gasteiger partial charge in [-0.1, -0.05) is 27.7 Å². The molecule has 140 valence electrons. The van der Waals surface area contributed by atoms with E-state index in [1.54, 1.807) is 0 Å². The standard InChI is InChI=1S/C20H27N3O3/c1-12(2)19-22-16-10-15(7-8-17(16)26-19)21-18(24)14-6-5-9-23(11-14)20(25)13(3)4/h7-8,10,12-14H,5-6,9,11H2,1-4H3,(H,21,24). The summed E-state index contributed by atoms with van der Waals surface area (Å²) in [7, 11) is 0. The van der Waals surface area contributed by atoms with E-state index in [0.717, 1.165) is 30.5 Å². The summed E-state index contributed by atoms with van der Waals surface area (Å²) in [4.78, 5) is 31.2. The number of rotatable bonds is 4. The molecule has 0 spiro atoms. The van der Waals surface area contributed by atoms with Crippen molar-refractivity contribution in [3.05, 3.63) is 24.1 Å². The summed E-state index contributed by atoms with van der Waals surface area (Å²) in [5, 5.41) is 2.97. The second-order valence-corrected chi connectivity index (χ2v) is 7.66. The lowest BCUT2D eigenvalue weighted by Gasteiger charge is -2.33. The average molecular weight is 357 g/mol. The Morgan fingerprint density at radius 3 is 2.73 bits per heavy atom. The first-order valence-electron chi connectivity index (χ1n) is 9.35. The maximum Gasteiger partial charge on any atom is 0.229 e. The van der Waals surface area contributed by atoms with E-state index < -0.39 is 0 Å². The molecule has 0 radical (unpaired) electrons. The van der Waals surface area contributed by atoms with E-state index in [-0.39, 0.29) is 29.6 Å². The smallest absolute Gasteiger partial charge is 0.229 e. The van der Waals surface area contributed by atoms with Crippen LogP contribution in [0.15, 0.2) is 22.6 Å². The maximum absolute atomic E-state index is 12.7. The molecule has 0 saturated carbocycles. The zero-order chi connectivity index (χ0) is 18.8. The number of fused-ring (bicyclic) bond motifs is 1. The Morgan fingerprint density at radius 2 is 2.04 bits per heavy atom. The monoisotopic (exact) mass is 357 g/mol. The van der Waals surface area contributed by atoms with Gasteiger partial charge in [-0.05, 0) is 31.0 Å². The molecule has 0 aliphatic carbocycles. The number of likely N-dealkylation sites (tertiary alicyclic amines) is 1. The summed E-state index contributed by atoms with van der Waals surface area (Å²) < 4.78 is 5.70. The van der Waals surface area contributed by atoms with Crippen LogP contribution in [0.3, 0.4) is 0 Å². The van der Waals surface area contributed by atoms with E-state index in [0.29, 0.717) is 18.1 Å².